The van der Waals surface area contributed by atoms with Gasteiger partial charge in [-0.25, -0.2) is 0 Å². The second-order valence-electron chi connectivity index (χ2n) is 5.86. The molecule has 22 heavy (non-hydrogen) atoms. The molecule has 0 fully saturated rings. The number of benzene rings is 1. The summed E-state index contributed by atoms with van der Waals surface area (Å²) in [4.78, 5) is 12.0. The Labute approximate surface area is 133 Å². The average molecular weight is 307 g/mol. The molecule has 0 aromatic heterocycles. The van der Waals surface area contributed by atoms with Crippen molar-refractivity contribution < 1.29 is 15.0 Å². The molecule has 4 nitrogen and oxygen atoms in total. The highest BCUT2D eigenvalue weighted by atomic mass is 16.3. The minimum absolute atomic E-state index is 0.269. The van der Waals surface area contributed by atoms with E-state index >= 15 is 0 Å². The quantitative estimate of drug-likeness (QED) is 0.582. The molecule has 1 aromatic carbocycles. The number of carbonyl (C=O) groups excluding carboxylic acids is 1. The fourth-order valence-electron chi connectivity index (χ4n) is 2.33. The zero-order valence-corrected chi connectivity index (χ0v) is 13.7. The highest BCUT2D eigenvalue weighted by molar-refractivity contribution is 5.94. The van der Waals surface area contributed by atoms with Gasteiger partial charge >= 0.3 is 0 Å². The van der Waals surface area contributed by atoms with Crippen molar-refractivity contribution >= 4 is 5.91 Å². The number of nitrogens with one attached hydrogen (secondary N) is 1. The van der Waals surface area contributed by atoms with Gasteiger partial charge in [0.1, 0.15) is 0 Å². The first kappa shape index (κ1) is 18.7. The van der Waals surface area contributed by atoms with Crippen LogP contribution in [-0.2, 0) is 6.42 Å². The maximum absolute atomic E-state index is 12.0. The minimum atomic E-state index is -0.781. The van der Waals surface area contributed by atoms with E-state index in [0.717, 1.165) is 6.42 Å². The fraction of sp³-hybridized carbons (Fsp3) is 0.611. The molecule has 0 heterocycles. The summed E-state index contributed by atoms with van der Waals surface area (Å²) in [6, 6.07) is 6.92. The number of hydrogen-bond donors (Lipinski definition) is 3. The molecule has 0 saturated carbocycles. The van der Waals surface area contributed by atoms with Crippen molar-refractivity contribution in [2.45, 2.75) is 64.5 Å². The summed E-state index contributed by atoms with van der Waals surface area (Å²) >= 11 is 0. The number of aliphatic hydroxyl groups excluding tert-OH is 2. The number of carbonyl (C=O) groups is 1. The van der Waals surface area contributed by atoms with Gasteiger partial charge in [-0.15, -0.1) is 0 Å². The average Bonchev–Trinajstić information content (AvgIpc) is 2.52. The predicted octanol–water partition coefficient (Wildman–Crippen LogP) is 2.67. The van der Waals surface area contributed by atoms with Crippen LogP contribution in [0.5, 0.6) is 0 Å². The summed E-state index contributed by atoms with van der Waals surface area (Å²) in [6.07, 6.45) is 6.54. The normalized spacial score (nSPS) is 13.6. The molecule has 0 bridgehead atoms. The first-order valence-corrected chi connectivity index (χ1v) is 8.27. The van der Waals surface area contributed by atoms with Crippen molar-refractivity contribution in [2.24, 2.45) is 0 Å². The van der Waals surface area contributed by atoms with Gasteiger partial charge in [-0.2, -0.15) is 0 Å². The highest BCUT2D eigenvalue weighted by Crippen LogP contribution is 2.11. The first-order valence-electron chi connectivity index (χ1n) is 8.27. The number of amides is 1. The second-order valence-corrected chi connectivity index (χ2v) is 5.86. The maximum Gasteiger partial charge on any atom is 0.251 e. The molecule has 0 radical (unpaired) electrons. The summed E-state index contributed by atoms with van der Waals surface area (Å²) in [5.41, 5.74) is 1.79. The summed E-state index contributed by atoms with van der Waals surface area (Å²) in [5, 5.41) is 21.2. The van der Waals surface area contributed by atoms with Crippen molar-refractivity contribution in [3.8, 4) is 0 Å². The van der Waals surface area contributed by atoms with Crippen LogP contribution < -0.4 is 5.32 Å². The van der Waals surface area contributed by atoms with Crippen LogP contribution in [0.1, 0.15) is 61.9 Å². The highest BCUT2D eigenvalue weighted by Gasteiger charge is 2.17. The van der Waals surface area contributed by atoms with Crippen LogP contribution in [0, 0.1) is 0 Å². The smallest absolute Gasteiger partial charge is 0.251 e. The number of aryl methyl sites for hydroxylation is 1. The van der Waals surface area contributed by atoms with Crippen LogP contribution in [0.4, 0.5) is 0 Å². The van der Waals surface area contributed by atoms with Gasteiger partial charge < -0.3 is 15.5 Å². The Hall–Kier alpha value is -1.39. The molecule has 1 rings (SSSR count). The Balaban J connectivity index is 2.45. The van der Waals surface area contributed by atoms with Gasteiger partial charge in [-0.1, -0.05) is 44.7 Å². The molecule has 0 unspecified atom stereocenters. The Morgan fingerprint density at radius 1 is 1.14 bits per heavy atom. The molecule has 1 aromatic rings. The van der Waals surface area contributed by atoms with E-state index in [1.54, 1.807) is 19.1 Å². The monoisotopic (exact) mass is 307 g/mol. The van der Waals surface area contributed by atoms with Gasteiger partial charge in [-0.3, -0.25) is 4.79 Å². The molecule has 124 valence electrons. The molecular weight excluding hydrogens is 278 g/mol. The Bertz CT molecular complexity index is 428. The van der Waals surface area contributed by atoms with Gasteiger partial charge in [0.15, 0.2) is 0 Å². The summed E-state index contributed by atoms with van der Waals surface area (Å²) in [7, 11) is 0. The zero-order valence-electron chi connectivity index (χ0n) is 13.7. The van der Waals surface area contributed by atoms with Crippen LogP contribution in [0.3, 0.4) is 0 Å². The third kappa shape index (κ3) is 6.58. The maximum atomic E-state index is 12.0. The van der Waals surface area contributed by atoms with E-state index in [4.69, 9.17) is 5.11 Å². The fourth-order valence-corrected chi connectivity index (χ4v) is 2.33. The molecule has 3 N–H and O–H groups in total. The summed E-state index contributed by atoms with van der Waals surface area (Å²) in [6.45, 7) is 3.48. The second kappa shape index (κ2) is 10.4. The molecule has 0 aliphatic rings. The van der Waals surface area contributed by atoms with E-state index < -0.39 is 12.1 Å². The van der Waals surface area contributed by atoms with Crippen molar-refractivity contribution in [2.75, 3.05) is 6.61 Å². The third-order valence-electron chi connectivity index (χ3n) is 3.88. The van der Waals surface area contributed by atoms with E-state index in [2.05, 4.69) is 12.2 Å². The van der Waals surface area contributed by atoms with E-state index in [9.17, 15) is 9.90 Å². The van der Waals surface area contributed by atoms with Gasteiger partial charge in [0.05, 0.1) is 18.8 Å². The van der Waals surface area contributed by atoms with Crippen molar-refractivity contribution in [1.29, 1.82) is 0 Å². The molecule has 4 heteroatoms. The molecular formula is C18H29NO3. The van der Waals surface area contributed by atoms with E-state index in [-0.39, 0.29) is 12.5 Å². The van der Waals surface area contributed by atoms with Gasteiger partial charge in [0, 0.05) is 5.56 Å². The summed E-state index contributed by atoms with van der Waals surface area (Å²) < 4.78 is 0. The minimum Gasteiger partial charge on any atom is -0.394 e. The van der Waals surface area contributed by atoms with Crippen LogP contribution >= 0.6 is 0 Å². The van der Waals surface area contributed by atoms with Crippen molar-refractivity contribution in [3.05, 3.63) is 35.4 Å². The molecule has 2 atom stereocenters. The lowest BCUT2D eigenvalue weighted by Gasteiger charge is -2.19. The Morgan fingerprint density at radius 3 is 2.32 bits per heavy atom. The molecule has 0 saturated heterocycles. The van der Waals surface area contributed by atoms with E-state index in [0.29, 0.717) is 5.56 Å². The lowest BCUT2D eigenvalue weighted by molar-refractivity contribution is 0.0758. The van der Waals surface area contributed by atoms with E-state index in [1.807, 2.05) is 12.1 Å². The lowest BCUT2D eigenvalue weighted by atomic mass is 10.0. The van der Waals surface area contributed by atoms with Crippen LogP contribution in [0.25, 0.3) is 0 Å². The van der Waals surface area contributed by atoms with Crippen LogP contribution in [-0.4, -0.2) is 34.9 Å². The Morgan fingerprint density at radius 2 is 1.77 bits per heavy atom. The van der Waals surface area contributed by atoms with Crippen LogP contribution in [0.15, 0.2) is 24.3 Å². The SMILES string of the molecule is CCCCCCCc1ccc(C(=O)N[C@@H](CO)[C@@H](C)O)cc1. The van der Waals surface area contributed by atoms with Crippen molar-refractivity contribution in [1.82, 2.24) is 5.32 Å². The Kier molecular flexibility index (Phi) is 8.78. The third-order valence-corrected chi connectivity index (χ3v) is 3.88. The van der Waals surface area contributed by atoms with Gasteiger partial charge in [-0.05, 0) is 37.5 Å². The van der Waals surface area contributed by atoms with Gasteiger partial charge in [0.2, 0.25) is 0 Å². The molecule has 1 amide bonds. The predicted molar refractivity (Wildman–Crippen MR) is 88.9 cm³/mol. The molecule has 0 aliphatic carbocycles. The molecule has 0 spiro atoms. The number of aliphatic hydroxyl groups is 2. The summed E-state index contributed by atoms with van der Waals surface area (Å²) in [5.74, 6) is -0.269. The standard InChI is InChI=1S/C18H29NO3/c1-3-4-5-6-7-8-15-9-11-16(12-10-15)18(22)19-17(13-20)14(2)21/h9-12,14,17,20-21H,3-8,13H2,1-2H3,(H,19,22)/t14-,17+/m1/s1. The van der Waals surface area contributed by atoms with Gasteiger partial charge in [0.25, 0.3) is 5.91 Å². The van der Waals surface area contributed by atoms with Crippen LogP contribution in [0.2, 0.25) is 0 Å². The first-order chi connectivity index (χ1) is 10.6. The topological polar surface area (TPSA) is 69.6 Å². The number of hydrogen-bond acceptors (Lipinski definition) is 3. The lowest BCUT2D eigenvalue weighted by Crippen LogP contribution is -2.44. The zero-order chi connectivity index (χ0) is 16.4. The molecule has 0 aliphatic heterocycles. The van der Waals surface area contributed by atoms with Crippen molar-refractivity contribution in [3.63, 3.8) is 0 Å². The number of rotatable bonds is 10. The largest absolute Gasteiger partial charge is 0.394 e. The van der Waals surface area contributed by atoms with E-state index in [1.165, 1.54) is 37.7 Å². The number of unbranched alkanes of at least 4 members (excludes halogenated alkanes) is 4.